The molecule has 0 fully saturated rings. The van der Waals surface area contributed by atoms with E-state index in [4.69, 9.17) is 4.74 Å². The minimum absolute atomic E-state index is 0.106. The minimum Gasteiger partial charge on any atom is -0.480 e. The molecular formula is C19H15NO2S. The second kappa shape index (κ2) is 5.89. The summed E-state index contributed by atoms with van der Waals surface area (Å²) in [7, 11) is 0. The number of thiophene rings is 1. The maximum absolute atomic E-state index is 12.6. The molecule has 3 aromatic rings. The zero-order valence-electron chi connectivity index (χ0n) is 12.4. The van der Waals surface area contributed by atoms with Crippen molar-refractivity contribution in [3.63, 3.8) is 0 Å². The summed E-state index contributed by atoms with van der Waals surface area (Å²) in [5.41, 5.74) is 2.94. The molecule has 1 aliphatic rings. The molecule has 114 valence electrons. The van der Waals surface area contributed by atoms with Crippen molar-refractivity contribution in [2.75, 3.05) is 5.32 Å². The molecule has 1 amide bonds. The number of anilines is 1. The highest BCUT2D eigenvalue weighted by atomic mass is 32.1. The Morgan fingerprint density at radius 1 is 1.04 bits per heavy atom. The fourth-order valence-electron chi connectivity index (χ4n) is 2.78. The van der Waals surface area contributed by atoms with Crippen LogP contribution in [-0.4, -0.2) is 12.0 Å². The SMILES string of the molecule is O=C(Nc1ccccc1-c1cccs1)[C@@H]1Cc2ccccc2O1. The lowest BCUT2D eigenvalue weighted by Gasteiger charge is -2.14. The fourth-order valence-corrected chi connectivity index (χ4v) is 3.55. The van der Waals surface area contributed by atoms with Crippen LogP contribution in [0.5, 0.6) is 5.75 Å². The number of amides is 1. The Kier molecular flexibility index (Phi) is 3.60. The topological polar surface area (TPSA) is 38.3 Å². The fraction of sp³-hybridized carbons (Fsp3) is 0.105. The van der Waals surface area contributed by atoms with Gasteiger partial charge in [-0.1, -0.05) is 42.5 Å². The van der Waals surface area contributed by atoms with Gasteiger partial charge in [0.1, 0.15) is 5.75 Å². The molecule has 3 nitrogen and oxygen atoms in total. The van der Waals surface area contributed by atoms with E-state index in [1.165, 1.54) is 0 Å². The van der Waals surface area contributed by atoms with Gasteiger partial charge in [-0.2, -0.15) is 0 Å². The molecule has 0 spiro atoms. The monoisotopic (exact) mass is 321 g/mol. The number of para-hydroxylation sites is 2. The Hall–Kier alpha value is -2.59. The van der Waals surface area contributed by atoms with E-state index in [-0.39, 0.29) is 5.91 Å². The van der Waals surface area contributed by atoms with Crippen LogP contribution >= 0.6 is 11.3 Å². The lowest BCUT2D eigenvalue weighted by atomic mass is 10.1. The first-order chi connectivity index (χ1) is 11.3. The average Bonchev–Trinajstić information content (AvgIpc) is 3.25. The van der Waals surface area contributed by atoms with E-state index in [0.29, 0.717) is 6.42 Å². The molecule has 1 N–H and O–H groups in total. The number of benzene rings is 2. The van der Waals surface area contributed by atoms with Crippen LogP contribution in [0.25, 0.3) is 10.4 Å². The van der Waals surface area contributed by atoms with Crippen LogP contribution in [-0.2, 0) is 11.2 Å². The third-order valence-corrected chi connectivity index (χ3v) is 4.81. The van der Waals surface area contributed by atoms with Crippen LogP contribution in [0.3, 0.4) is 0 Å². The van der Waals surface area contributed by atoms with Gasteiger partial charge in [0.15, 0.2) is 6.10 Å². The van der Waals surface area contributed by atoms with Gasteiger partial charge >= 0.3 is 0 Å². The summed E-state index contributed by atoms with van der Waals surface area (Å²) in [4.78, 5) is 13.7. The van der Waals surface area contributed by atoms with Gasteiger partial charge in [0, 0.05) is 22.5 Å². The van der Waals surface area contributed by atoms with E-state index in [0.717, 1.165) is 27.4 Å². The molecule has 4 heteroatoms. The molecule has 0 saturated heterocycles. The Morgan fingerprint density at radius 3 is 2.70 bits per heavy atom. The smallest absolute Gasteiger partial charge is 0.265 e. The van der Waals surface area contributed by atoms with Crippen molar-refractivity contribution in [1.82, 2.24) is 0 Å². The van der Waals surface area contributed by atoms with Gasteiger partial charge in [0.05, 0.1) is 0 Å². The highest BCUT2D eigenvalue weighted by Crippen LogP contribution is 2.33. The number of hydrogen-bond donors (Lipinski definition) is 1. The van der Waals surface area contributed by atoms with Gasteiger partial charge in [0.25, 0.3) is 5.91 Å². The molecule has 4 rings (SSSR count). The van der Waals surface area contributed by atoms with E-state index >= 15 is 0 Å². The molecule has 2 heterocycles. The molecule has 0 radical (unpaired) electrons. The van der Waals surface area contributed by atoms with Crippen LogP contribution in [0.1, 0.15) is 5.56 Å². The zero-order valence-corrected chi connectivity index (χ0v) is 13.2. The summed E-state index contributed by atoms with van der Waals surface area (Å²) in [5.74, 6) is 0.699. The second-order valence-electron chi connectivity index (χ2n) is 5.43. The number of ether oxygens (including phenoxy) is 1. The third kappa shape index (κ3) is 2.73. The van der Waals surface area contributed by atoms with Gasteiger partial charge in [-0.3, -0.25) is 4.79 Å². The van der Waals surface area contributed by atoms with Crippen LogP contribution in [0.2, 0.25) is 0 Å². The Balaban J connectivity index is 1.55. The quantitative estimate of drug-likeness (QED) is 0.778. The molecule has 0 saturated carbocycles. The molecule has 1 atom stereocenters. The summed E-state index contributed by atoms with van der Waals surface area (Å²) in [6, 6.07) is 19.7. The van der Waals surface area contributed by atoms with Crippen molar-refractivity contribution in [3.05, 3.63) is 71.6 Å². The first kappa shape index (κ1) is 14.0. The van der Waals surface area contributed by atoms with Crippen molar-refractivity contribution in [3.8, 4) is 16.2 Å². The second-order valence-corrected chi connectivity index (χ2v) is 6.38. The molecule has 2 aromatic carbocycles. The summed E-state index contributed by atoms with van der Waals surface area (Å²) < 4.78 is 5.76. The number of carbonyl (C=O) groups is 1. The molecule has 1 aliphatic heterocycles. The lowest BCUT2D eigenvalue weighted by Crippen LogP contribution is -2.31. The number of carbonyl (C=O) groups excluding carboxylic acids is 1. The maximum Gasteiger partial charge on any atom is 0.265 e. The minimum atomic E-state index is -0.469. The van der Waals surface area contributed by atoms with Crippen LogP contribution < -0.4 is 10.1 Å². The van der Waals surface area contributed by atoms with Gasteiger partial charge in [-0.05, 0) is 29.1 Å². The van der Waals surface area contributed by atoms with E-state index in [2.05, 4.69) is 11.4 Å². The van der Waals surface area contributed by atoms with Gasteiger partial charge in [-0.25, -0.2) is 0 Å². The highest BCUT2D eigenvalue weighted by Gasteiger charge is 2.29. The first-order valence-electron chi connectivity index (χ1n) is 7.49. The standard InChI is InChI=1S/C19H15NO2S/c21-19(17-12-13-6-1-4-9-16(13)22-17)20-15-8-3-2-7-14(15)18-10-5-11-23-18/h1-11,17H,12H2,(H,20,21)/t17-/m0/s1. The van der Waals surface area contributed by atoms with Crippen molar-refractivity contribution < 1.29 is 9.53 Å². The third-order valence-electron chi connectivity index (χ3n) is 3.91. The van der Waals surface area contributed by atoms with Crippen molar-refractivity contribution in [2.24, 2.45) is 0 Å². The summed E-state index contributed by atoms with van der Waals surface area (Å²) in [6.07, 6.45) is 0.146. The summed E-state index contributed by atoms with van der Waals surface area (Å²) in [6.45, 7) is 0. The number of rotatable bonds is 3. The highest BCUT2D eigenvalue weighted by molar-refractivity contribution is 7.13. The summed E-state index contributed by atoms with van der Waals surface area (Å²) in [5, 5.41) is 5.05. The normalized spacial score (nSPS) is 15.7. The predicted molar refractivity (Wildman–Crippen MR) is 92.9 cm³/mol. The first-order valence-corrected chi connectivity index (χ1v) is 8.37. The van der Waals surface area contributed by atoms with Crippen molar-refractivity contribution in [1.29, 1.82) is 0 Å². The van der Waals surface area contributed by atoms with Gasteiger partial charge in [0.2, 0.25) is 0 Å². The van der Waals surface area contributed by atoms with Crippen molar-refractivity contribution >= 4 is 22.9 Å². The Morgan fingerprint density at radius 2 is 1.87 bits per heavy atom. The van der Waals surface area contributed by atoms with Crippen LogP contribution in [0.15, 0.2) is 66.0 Å². The number of hydrogen-bond acceptors (Lipinski definition) is 3. The predicted octanol–water partition coefficient (Wildman–Crippen LogP) is 4.36. The number of nitrogens with one attached hydrogen (secondary N) is 1. The molecule has 0 unspecified atom stereocenters. The lowest BCUT2D eigenvalue weighted by molar-refractivity contribution is -0.122. The van der Waals surface area contributed by atoms with Crippen molar-refractivity contribution in [2.45, 2.75) is 12.5 Å². The van der Waals surface area contributed by atoms with E-state index in [1.807, 2.05) is 60.0 Å². The number of fused-ring (bicyclic) bond motifs is 1. The van der Waals surface area contributed by atoms with E-state index < -0.39 is 6.10 Å². The molecule has 0 aliphatic carbocycles. The summed E-state index contributed by atoms with van der Waals surface area (Å²) >= 11 is 1.66. The molecular weight excluding hydrogens is 306 g/mol. The van der Waals surface area contributed by atoms with E-state index in [1.54, 1.807) is 11.3 Å². The molecule has 1 aromatic heterocycles. The zero-order chi connectivity index (χ0) is 15.6. The van der Waals surface area contributed by atoms with E-state index in [9.17, 15) is 4.79 Å². The Labute approximate surface area is 138 Å². The van der Waals surface area contributed by atoms with Crippen LogP contribution in [0, 0.1) is 0 Å². The van der Waals surface area contributed by atoms with Crippen LogP contribution in [0.4, 0.5) is 5.69 Å². The van der Waals surface area contributed by atoms with Gasteiger partial charge < -0.3 is 10.1 Å². The maximum atomic E-state index is 12.6. The molecule has 0 bridgehead atoms. The largest absolute Gasteiger partial charge is 0.480 e. The average molecular weight is 321 g/mol. The Bertz CT molecular complexity index is 817. The molecule has 23 heavy (non-hydrogen) atoms. The van der Waals surface area contributed by atoms with Gasteiger partial charge in [-0.15, -0.1) is 11.3 Å².